The summed E-state index contributed by atoms with van der Waals surface area (Å²) in [5.74, 6) is 0.614. The van der Waals surface area contributed by atoms with Gasteiger partial charge in [0.05, 0.1) is 5.69 Å². The first-order valence-electron chi connectivity index (χ1n) is 5.62. The normalized spacial score (nSPS) is 18.3. The van der Waals surface area contributed by atoms with E-state index in [-0.39, 0.29) is 0 Å². The molecule has 84 valence electrons. The highest BCUT2D eigenvalue weighted by atomic mass is 16.5. The monoisotopic (exact) mass is 209 g/mol. The summed E-state index contributed by atoms with van der Waals surface area (Å²) in [7, 11) is 2.02. The van der Waals surface area contributed by atoms with Crippen molar-refractivity contribution in [2.75, 3.05) is 19.8 Å². The van der Waals surface area contributed by atoms with Crippen LogP contribution in [0.3, 0.4) is 0 Å². The Hall–Kier alpha value is -0.870. The van der Waals surface area contributed by atoms with Crippen molar-refractivity contribution in [1.82, 2.24) is 9.78 Å². The van der Waals surface area contributed by atoms with Gasteiger partial charge in [0.2, 0.25) is 0 Å². The first-order chi connectivity index (χ1) is 7.31. The number of rotatable bonds is 3. The number of hydrogen-bond donors (Lipinski definition) is 1. The fraction of sp³-hybridized carbons (Fsp3) is 0.727. The van der Waals surface area contributed by atoms with E-state index < -0.39 is 0 Å². The molecule has 1 aromatic heterocycles. The summed E-state index contributed by atoms with van der Waals surface area (Å²) in [6.07, 6.45) is 3.10. The second-order valence-corrected chi connectivity index (χ2v) is 4.11. The van der Waals surface area contributed by atoms with E-state index in [9.17, 15) is 0 Å². The van der Waals surface area contributed by atoms with Gasteiger partial charge in [-0.15, -0.1) is 0 Å². The first kappa shape index (κ1) is 10.6. The van der Waals surface area contributed by atoms with Crippen LogP contribution in [0.1, 0.15) is 30.1 Å². The maximum absolute atomic E-state index is 5.53. The third-order valence-electron chi connectivity index (χ3n) is 3.01. The number of ether oxygens (including phenoxy) is 1. The van der Waals surface area contributed by atoms with E-state index in [0.717, 1.165) is 38.2 Å². The molecule has 0 radical (unpaired) electrons. The quantitative estimate of drug-likeness (QED) is 0.801. The molecular formula is C11H19N3O. The number of aromatic nitrogens is 2. The van der Waals surface area contributed by atoms with Crippen LogP contribution in [0.25, 0.3) is 0 Å². The van der Waals surface area contributed by atoms with Crippen molar-refractivity contribution in [3.8, 4) is 0 Å². The Bertz CT molecular complexity index is 316. The van der Waals surface area contributed by atoms with Crippen molar-refractivity contribution >= 4 is 0 Å². The molecule has 1 aliphatic heterocycles. The van der Waals surface area contributed by atoms with Gasteiger partial charge in [-0.3, -0.25) is 4.68 Å². The maximum atomic E-state index is 5.53. The molecule has 0 saturated carbocycles. The summed E-state index contributed by atoms with van der Waals surface area (Å²) in [6, 6.07) is 2.20. The van der Waals surface area contributed by atoms with Crippen molar-refractivity contribution in [2.45, 2.75) is 25.2 Å². The van der Waals surface area contributed by atoms with Gasteiger partial charge in [-0.2, -0.15) is 5.10 Å². The summed E-state index contributed by atoms with van der Waals surface area (Å²) in [5.41, 5.74) is 7.98. The van der Waals surface area contributed by atoms with Gasteiger partial charge in [0.15, 0.2) is 0 Å². The van der Waals surface area contributed by atoms with Gasteiger partial charge >= 0.3 is 0 Å². The molecule has 15 heavy (non-hydrogen) atoms. The molecule has 0 amide bonds. The zero-order chi connectivity index (χ0) is 10.7. The van der Waals surface area contributed by atoms with Gasteiger partial charge in [-0.25, -0.2) is 0 Å². The molecule has 0 aromatic carbocycles. The predicted octanol–water partition coefficient (Wildman–Crippen LogP) is 0.815. The zero-order valence-corrected chi connectivity index (χ0v) is 9.28. The van der Waals surface area contributed by atoms with Crippen molar-refractivity contribution in [3.63, 3.8) is 0 Å². The Morgan fingerprint density at radius 3 is 2.93 bits per heavy atom. The molecule has 1 fully saturated rings. The van der Waals surface area contributed by atoms with Crippen LogP contribution < -0.4 is 5.73 Å². The van der Waals surface area contributed by atoms with Gasteiger partial charge in [0.25, 0.3) is 0 Å². The molecule has 0 aliphatic carbocycles. The molecule has 4 nitrogen and oxygen atoms in total. The van der Waals surface area contributed by atoms with E-state index in [0.29, 0.717) is 12.5 Å². The van der Waals surface area contributed by atoms with Crippen LogP contribution in [0.4, 0.5) is 0 Å². The number of hydrogen-bond acceptors (Lipinski definition) is 3. The van der Waals surface area contributed by atoms with E-state index in [2.05, 4.69) is 11.2 Å². The second kappa shape index (κ2) is 4.77. The number of nitrogens with zero attached hydrogens (tertiary/aromatic N) is 2. The topological polar surface area (TPSA) is 53.1 Å². The highest BCUT2D eigenvalue weighted by molar-refractivity contribution is 5.15. The molecule has 1 aliphatic rings. The van der Waals surface area contributed by atoms with Gasteiger partial charge in [-0.1, -0.05) is 0 Å². The SMILES string of the molecule is Cn1nc(CCN)cc1C1CCOCC1. The van der Waals surface area contributed by atoms with Crippen LogP contribution in [0.5, 0.6) is 0 Å². The third-order valence-corrected chi connectivity index (χ3v) is 3.01. The Morgan fingerprint density at radius 2 is 2.27 bits per heavy atom. The summed E-state index contributed by atoms with van der Waals surface area (Å²) < 4.78 is 7.37. The largest absolute Gasteiger partial charge is 0.381 e. The molecular weight excluding hydrogens is 190 g/mol. The lowest BCUT2D eigenvalue weighted by molar-refractivity contribution is 0.0837. The van der Waals surface area contributed by atoms with E-state index >= 15 is 0 Å². The van der Waals surface area contributed by atoms with E-state index in [1.807, 2.05) is 11.7 Å². The summed E-state index contributed by atoms with van der Waals surface area (Å²) in [6.45, 7) is 2.42. The molecule has 0 atom stereocenters. The minimum absolute atomic E-state index is 0.614. The first-order valence-corrected chi connectivity index (χ1v) is 5.62. The van der Waals surface area contributed by atoms with Crippen LogP contribution >= 0.6 is 0 Å². The molecule has 2 N–H and O–H groups in total. The van der Waals surface area contributed by atoms with Crippen LogP contribution in [0.2, 0.25) is 0 Å². The van der Waals surface area contributed by atoms with Gasteiger partial charge < -0.3 is 10.5 Å². The molecule has 2 rings (SSSR count). The molecule has 4 heteroatoms. The minimum Gasteiger partial charge on any atom is -0.381 e. The van der Waals surface area contributed by atoms with E-state index in [1.54, 1.807) is 0 Å². The third kappa shape index (κ3) is 2.38. The molecule has 1 saturated heterocycles. The number of nitrogens with two attached hydrogens (primary N) is 1. The van der Waals surface area contributed by atoms with Gasteiger partial charge in [0.1, 0.15) is 0 Å². The van der Waals surface area contributed by atoms with Crippen molar-refractivity contribution in [3.05, 3.63) is 17.5 Å². The second-order valence-electron chi connectivity index (χ2n) is 4.11. The van der Waals surface area contributed by atoms with Crippen molar-refractivity contribution in [2.24, 2.45) is 12.8 Å². The maximum Gasteiger partial charge on any atom is 0.0640 e. The number of aryl methyl sites for hydroxylation is 1. The summed E-state index contributed by atoms with van der Waals surface area (Å²) >= 11 is 0. The molecule has 1 aromatic rings. The summed E-state index contributed by atoms with van der Waals surface area (Å²) in [4.78, 5) is 0. The molecule has 0 spiro atoms. The average molecular weight is 209 g/mol. The standard InChI is InChI=1S/C11H19N3O/c1-14-11(8-10(13-14)2-5-12)9-3-6-15-7-4-9/h8-9H,2-7,12H2,1H3. The van der Waals surface area contributed by atoms with Crippen LogP contribution in [-0.2, 0) is 18.2 Å². The smallest absolute Gasteiger partial charge is 0.0640 e. The fourth-order valence-electron chi connectivity index (χ4n) is 2.19. The predicted molar refractivity (Wildman–Crippen MR) is 58.8 cm³/mol. The van der Waals surface area contributed by atoms with Crippen molar-refractivity contribution in [1.29, 1.82) is 0 Å². The van der Waals surface area contributed by atoms with Crippen LogP contribution in [-0.4, -0.2) is 29.5 Å². The lowest BCUT2D eigenvalue weighted by Crippen LogP contribution is -2.16. The van der Waals surface area contributed by atoms with Crippen molar-refractivity contribution < 1.29 is 4.74 Å². The van der Waals surface area contributed by atoms with E-state index in [1.165, 1.54) is 5.69 Å². The summed E-state index contributed by atoms with van der Waals surface area (Å²) in [5, 5.41) is 4.47. The zero-order valence-electron chi connectivity index (χ0n) is 9.28. The lowest BCUT2D eigenvalue weighted by Gasteiger charge is -2.21. The Balaban J connectivity index is 2.11. The Morgan fingerprint density at radius 1 is 1.53 bits per heavy atom. The molecule has 0 bridgehead atoms. The Labute approximate surface area is 90.4 Å². The van der Waals surface area contributed by atoms with E-state index in [4.69, 9.17) is 10.5 Å². The Kier molecular flexibility index (Phi) is 3.38. The highest BCUT2D eigenvalue weighted by Crippen LogP contribution is 2.26. The highest BCUT2D eigenvalue weighted by Gasteiger charge is 2.19. The van der Waals surface area contributed by atoms with Crippen LogP contribution in [0.15, 0.2) is 6.07 Å². The molecule has 0 unspecified atom stereocenters. The average Bonchev–Trinajstić information content (AvgIpc) is 2.61. The van der Waals surface area contributed by atoms with Gasteiger partial charge in [-0.05, 0) is 25.5 Å². The van der Waals surface area contributed by atoms with Gasteiger partial charge in [0, 0.05) is 38.3 Å². The molecule has 2 heterocycles. The van der Waals surface area contributed by atoms with Crippen LogP contribution in [0, 0.1) is 0 Å². The minimum atomic E-state index is 0.614. The lowest BCUT2D eigenvalue weighted by atomic mass is 9.96. The fourth-order valence-corrected chi connectivity index (χ4v) is 2.19.